The van der Waals surface area contributed by atoms with Crippen LogP contribution >= 0.6 is 0 Å². The average Bonchev–Trinajstić information content (AvgIpc) is 2.71. The van der Waals surface area contributed by atoms with Gasteiger partial charge < -0.3 is 26.0 Å². The van der Waals surface area contributed by atoms with Gasteiger partial charge >= 0.3 is 6.09 Å². The second-order valence-corrected chi connectivity index (χ2v) is 8.96. The summed E-state index contributed by atoms with van der Waals surface area (Å²) in [5, 5.41) is 5.28. The van der Waals surface area contributed by atoms with E-state index in [1.807, 2.05) is 26.0 Å². The highest BCUT2D eigenvalue weighted by Gasteiger charge is 2.34. The van der Waals surface area contributed by atoms with Crippen molar-refractivity contribution in [3.63, 3.8) is 0 Å². The van der Waals surface area contributed by atoms with Crippen LogP contribution in [0.15, 0.2) is 24.3 Å². The number of nitrogens with two attached hydrogens (primary N) is 1. The van der Waals surface area contributed by atoms with Crippen molar-refractivity contribution < 1.29 is 23.9 Å². The van der Waals surface area contributed by atoms with Crippen LogP contribution in [-0.2, 0) is 25.5 Å². The summed E-state index contributed by atoms with van der Waals surface area (Å²) in [7, 11) is 1.46. The Hall–Kier alpha value is -3.10. The summed E-state index contributed by atoms with van der Waals surface area (Å²) in [6, 6.07) is 5.19. The fraction of sp³-hybridized carbons (Fsp3) is 0.583. The van der Waals surface area contributed by atoms with Gasteiger partial charge in [-0.15, -0.1) is 0 Å². The van der Waals surface area contributed by atoms with Gasteiger partial charge in [-0.3, -0.25) is 14.4 Å². The molecule has 2 unspecified atom stereocenters. The van der Waals surface area contributed by atoms with Gasteiger partial charge in [-0.05, 0) is 44.7 Å². The third kappa shape index (κ3) is 9.51. The summed E-state index contributed by atoms with van der Waals surface area (Å²) in [5.41, 5.74) is 6.23. The van der Waals surface area contributed by atoms with Crippen molar-refractivity contribution >= 4 is 23.8 Å². The maximum Gasteiger partial charge on any atom is 0.408 e. The van der Waals surface area contributed by atoms with Crippen LogP contribution in [0.2, 0.25) is 0 Å². The number of unbranched alkanes of at least 4 members (excludes halogenated alkanes) is 1. The zero-order valence-electron chi connectivity index (χ0n) is 20.6. The minimum absolute atomic E-state index is 0.348. The lowest BCUT2D eigenvalue weighted by atomic mass is 10.0. The normalized spacial score (nSPS) is 12.9. The largest absolute Gasteiger partial charge is 0.444 e. The first kappa shape index (κ1) is 27.9. The number of nitrogens with one attached hydrogen (secondary N) is 2. The highest BCUT2D eigenvalue weighted by atomic mass is 16.6. The average molecular weight is 463 g/mol. The number of nitrogens with zero attached hydrogens (tertiary/aromatic N) is 1. The predicted octanol–water partition coefficient (Wildman–Crippen LogP) is 2.43. The van der Waals surface area contributed by atoms with E-state index in [0.717, 1.165) is 24.8 Å². The molecule has 184 valence electrons. The number of rotatable bonds is 11. The number of aryl methyl sites for hydroxylation is 1. The number of amides is 4. The van der Waals surface area contributed by atoms with Gasteiger partial charge in [0.15, 0.2) is 0 Å². The minimum Gasteiger partial charge on any atom is -0.444 e. The molecule has 9 heteroatoms. The van der Waals surface area contributed by atoms with Gasteiger partial charge in [-0.2, -0.15) is 0 Å². The number of carbonyl (C=O) groups is 4. The Morgan fingerprint density at radius 2 is 1.70 bits per heavy atom. The topological polar surface area (TPSA) is 131 Å². The summed E-state index contributed by atoms with van der Waals surface area (Å²) >= 11 is 0. The van der Waals surface area contributed by atoms with Gasteiger partial charge in [0.05, 0.1) is 6.42 Å². The van der Waals surface area contributed by atoms with E-state index in [1.165, 1.54) is 11.9 Å². The summed E-state index contributed by atoms with van der Waals surface area (Å²) in [6.45, 7) is 9.55. The maximum atomic E-state index is 13.3. The van der Waals surface area contributed by atoms with E-state index in [9.17, 15) is 19.2 Å². The summed E-state index contributed by atoms with van der Waals surface area (Å²) in [6.07, 6.45) is 1.26. The van der Waals surface area contributed by atoms with Crippen molar-refractivity contribution in [1.82, 2.24) is 15.5 Å². The zero-order valence-corrected chi connectivity index (χ0v) is 20.6. The van der Waals surface area contributed by atoms with Crippen molar-refractivity contribution in [2.45, 2.75) is 78.0 Å². The Balaban J connectivity index is 3.21. The van der Waals surface area contributed by atoms with Gasteiger partial charge in [0.2, 0.25) is 17.7 Å². The van der Waals surface area contributed by atoms with Crippen molar-refractivity contribution in [3.05, 3.63) is 35.4 Å². The van der Waals surface area contributed by atoms with Crippen LogP contribution in [0.3, 0.4) is 0 Å². The van der Waals surface area contributed by atoms with Crippen LogP contribution < -0.4 is 16.4 Å². The molecule has 0 radical (unpaired) electrons. The van der Waals surface area contributed by atoms with Gasteiger partial charge in [-0.1, -0.05) is 44.5 Å². The first-order valence-corrected chi connectivity index (χ1v) is 11.3. The predicted molar refractivity (Wildman–Crippen MR) is 126 cm³/mol. The van der Waals surface area contributed by atoms with E-state index in [1.54, 1.807) is 32.9 Å². The lowest BCUT2D eigenvalue weighted by Gasteiger charge is -2.31. The molecule has 1 rings (SSSR count). The Labute approximate surface area is 196 Å². The molecule has 0 aliphatic carbocycles. The Morgan fingerprint density at radius 1 is 1.09 bits per heavy atom. The van der Waals surface area contributed by atoms with Gasteiger partial charge in [0, 0.05) is 13.6 Å². The number of hydrogen-bond acceptors (Lipinski definition) is 5. The molecule has 9 nitrogen and oxygen atoms in total. The monoisotopic (exact) mass is 462 g/mol. The van der Waals surface area contributed by atoms with E-state index >= 15 is 0 Å². The molecule has 0 saturated heterocycles. The third-order valence-corrected chi connectivity index (χ3v) is 4.91. The van der Waals surface area contributed by atoms with Gasteiger partial charge in [0.1, 0.15) is 17.7 Å². The summed E-state index contributed by atoms with van der Waals surface area (Å²) in [5.74, 6) is -1.75. The SMILES string of the molecule is CCCCNC(=O)C(c1ccc(CC)cc1)N(C)C(=O)C(CC(N)=O)NC(=O)OC(C)(C)C. The number of likely N-dealkylation sites (N-methyl/N-ethyl adjacent to an activating group) is 1. The van der Waals surface area contributed by atoms with Crippen molar-refractivity contribution in [1.29, 1.82) is 0 Å². The number of ether oxygens (including phenoxy) is 1. The first-order valence-electron chi connectivity index (χ1n) is 11.3. The molecule has 0 fully saturated rings. The molecule has 1 aromatic carbocycles. The van der Waals surface area contributed by atoms with Crippen molar-refractivity contribution in [3.8, 4) is 0 Å². The standard InChI is InChI=1S/C24H38N4O5/c1-7-9-14-26-21(30)20(17-12-10-16(8-2)11-13-17)28(6)22(31)18(15-19(25)29)27-23(32)33-24(3,4)5/h10-13,18,20H,7-9,14-15H2,1-6H3,(H2,25,29)(H,26,30)(H,27,32). The molecular weight excluding hydrogens is 424 g/mol. The third-order valence-electron chi connectivity index (χ3n) is 4.91. The summed E-state index contributed by atoms with van der Waals surface area (Å²) in [4.78, 5) is 51.5. The second-order valence-electron chi connectivity index (χ2n) is 8.96. The highest BCUT2D eigenvalue weighted by Crippen LogP contribution is 2.22. The molecule has 1 aromatic rings. The number of primary amides is 1. The van der Waals surface area contributed by atoms with Gasteiger partial charge in [-0.25, -0.2) is 4.79 Å². The van der Waals surface area contributed by atoms with Crippen LogP contribution in [0, 0.1) is 0 Å². The van der Waals surface area contributed by atoms with Crippen molar-refractivity contribution in [2.75, 3.05) is 13.6 Å². The molecule has 0 heterocycles. The van der Waals surface area contributed by atoms with Crippen molar-refractivity contribution in [2.24, 2.45) is 5.73 Å². The van der Waals surface area contributed by atoms with E-state index in [-0.39, 0.29) is 5.91 Å². The fourth-order valence-electron chi connectivity index (χ4n) is 3.20. The molecule has 33 heavy (non-hydrogen) atoms. The maximum absolute atomic E-state index is 13.3. The molecule has 0 spiro atoms. The smallest absolute Gasteiger partial charge is 0.408 e. The molecular formula is C24H38N4O5. The lowest BCUT2D eigenvalue weighted by molar-refractivity contribution is -0.141. The molecule has 0 bridgehead atoms. The molecule has 0 saturated carbocycles. The second kappa shape index (κ2) is 12.8. The molecule has 4 amide bonds. The number of benzene rings is 1. The van der Waals surface area contributed by atoms with Crippen LogP contribution in [0.4, 0.5) is 4.79 Å². The number of alkyl carbamates (subject to hydrolysis) is 1. The van der Waals surface area contributed by atoms with E-state index in [2.05, 4.69) is 10.6 Å². The van der Waals surface area contributed by atoms with Crippen LogP contribution in [0.25, 0.3) is 0 Å². The van der Waals surface area contributed by atoms with Crippen LogP contribution in [-0.4, -0.2) is 54.0 Å². The lowest BCUT2D eigenvalue weighted by Crippen LogP contribution is -2.52. The highest BCUT2D eigenvalue weighted by molar-refractivity contribution is 5.94. The molecule has 4 N–H and O–H groups in total. The number of carbonyl (C=O) groups excluding carboxylic acids is 4. The Bertz CT molecular complexity index is 817. The Kier molecular flexibility index (Phi) is 10.8. The van der Waals surface area contributed by atoms with Gasteiger partial charge in [0.25, 0.3) is 0 Å². The molecule has 2 atom stereocenters. The summed E-state index contributed by atoms with van der Waals surface area (Å²) < 4.78 is 5.21. The van der Waals surface area contributed by atoms with E-state index in [4.69, 9.17) is 10.5 Å². The number of hydrogen-bond donors (Lipinski definition) is 3. The zero-order chi connectivity index (χ0) is 25.2. The van der Waals surface area contributed by atoms with Crippen LogP contribution in [0.1, 0.15) is 71.0 Å². The Morgan fingerprint density at radius 3 is 2.18 bits per heavy atom. The molecule has 0 aliphatic rings. The van der Waals surface area contributed by atoms with E-state index in [0.29, 0.717) is 12.1 Å². The molecule has 0 aromatic heterocycles. The fourth-order valence-corrected chi connectivity index (χ4v) is 3.20. The first-order chi connectivity index (χ1) is 15.4. The molecule has 0 aliphatic heterocycles. The minimum atomic E-state index is -1.27. The van der Waals surface area contributed by atoms with Crippen LogP contribution in [0.5, 0.6) is 0 Å². The van der Waals surface area contributed by atoms with E-state index < -0.39 is 42.0 Å². The quantitative estimate of drug-likeness (QED) is 0.435.